The molecule has 0 aromatic carbocycles. The Hall–Kier alpha value is -1.88. The first kappa shape index (κ1) is 14.5. The number of aryl methyl sites for hydroxylation is 1. The molecule has 0 atom stereocenters. The maximum Gasteiger partial charge on any atom is 0.270 e. The van der Waals surface area contributed by atoms with Crippen molar-refractivity contribution in [3.63, 3.8) is 0 Å². The van der Waals surface area contributed by atoms with Crippen LogP contribution in [0.5, 0.6) is 0 Å². The number of imidazole rings is 1. The van der Waals surface area contributed by atoms with E-state index in [1.165, 1.54) is 0 Å². The first-order chi connectivity index (χ1) is 9.59. The van der Waals surface area contributed by atoms with Crippen LogP contribution in [0.25, 0.3) is 5.65 Å². The number of nitrogens with zero attached hydrogens (tertiary/aromatic N) is 2. The lowest BCUT2D eigenvalue weighted by Crippen LogP contribution is -2.27. The van der Waals surface area contributed by atoms with E-state index in [2.05, 4.69) is 10.3 Å². The lowest BCUT2D eigenvalue weighted by Gasteiger charge is -2.08. The Morgan fingerprint density at radius 3 is 3.00 bits per heavy atom. The standard InChI is InChI=1S/C15H21N3O2/c1-11(2)20-10-6-8-16-15(19)14-12(3)17-13-7-4-5-9-18(13)14/h4-5,7,9,11H,6,8,10H2,1-3H3,(H,16,19). The second-order valence-electron chi connectivity index (χ2n) is 5.00. The van der Waals surface area contributed by atoms with Gasteiger partial charge in [-0.25, -0.2) is 4.98 Å². The Balaban J connectivity index is 1.96. The summed E-state index contributed by atoms with van der Waals surface area (Å²) in [6.07, 6.45) is 2.89. The second-order valence-corrected chi connectivity index (χ2v) is 5.00. The molecule has 0 saturated heterocycles. The third kappa shape index (κ3) is 3.36. The topological polar surface area (TPSA) is 55.6 Å². The van der Waals surface area contributed by atoms with E-state index >= 15 is 0 Å². The minimum atomic E-state index is -0.0919. The number of hydrogen-bond donors (Lipinski definition) is 1. The SMILES string of the molecule is Cc1nc2ccccn2c1C(=O)NCCCOC(C)C. The fourth-order valence-corrected chi connectivity index (χ4v) is 2.06. The molecule has 2 heterocycles. The van der Waals surface area contributed by atoms with Gasteiger partial charge in [-0.05, 0) is 39.3 Å². The predicted molar refractivity (Wildman–Crippen MR) is 78.0 cm³/mol. The molecule has 20 heavy (non-hydrogen) atoms. The highest BCUT2D eigenvalue weighted by atomic mass is 16.5. The highest BCUT2D eigenvalue weighted by molar-refractivity contribution is 5.94. The molecular formula is C15H21N3O2. The van der Waals surface area contributed by atoms with Gasteiger partial charge in [0.25, 0.3) is 5.91 Å². The molecule has 0 aliphatic carbocycles. The van der Waals surface area contributed by atoms with E-state index in [0.717, 1.165) is 17.8 Å². The summed E-state index contributed by atoms with van der Waals surface area (Å²) in [5, 5.41) is 2.91. The summed E-state index contributed by atoms with van der Waals surface area (Å²) >= 11 is 0. The molecular weight excluding hydrogens is 254 g/mol. The van der Waals surface area contributed by atoms with Crippen molar-refractivity contribution >= 4 is 11.6 Å². The average Bonchev–Trinajstić information content (AvgIpc) is 2.73. The molecule has 108 valence electrons. The van der Waals surface area contributed by atoms with Gasteiger partial charge in [0, 0.05) is 19.3 Å². The smallest absolute Gasteiger partial charge is 0.270 e. The van der Waals surface area contributed by atoms with Crippen LogP contribution < -0.4 is 5.32 Å². The zero-order valence-corrected chi connectivity index (χ0v) is 12.2. The van der Waals surface area contributed by atoms with Gasteiger partial charge in [0.05, 0.1) is 11.8 Å². The molecule has 0 saturated carbocycles. The Bertz CT molecular complexity index is 590. The summed E-state index contributed by atoms with van der Waals surface area (Å²) < 4.78 is 7.25. The number of ether oxygens (including phenoxy) is 1. The molecule has 0 unspecified atom stereocenters. The van der Waals surface area contributed by atoms with Crippen LogP contribution in [-0.2, 0) is 4.74 Å². The molecule has 0 aliphatic rings. The van der Waals surface area contributed by atoms with Crippen molar-refractivity contribution in [1.29, 1.82) is 0 Å². The molecule has 1 N–H and O–H groups in total. The number of carbonyl (C=O) groups is 1. The lowest BCUT2D eigenvalue weighted by atomic mass is 10.3. The first-order valence-corrected chi connectivity index (χ1v) is 6.93. The molecule has 5 heteroatoms. The molecule has 0 fully saturated rings. The number of rotatable bonds is 6. The fourth-order valence-electron chi connectivity index (χ4n) is 2.06. The monoisotopic (exact) mass is 275 g/mol. The van der Waals surface area contributed by atoms with Crippen molar-refractivity contribution in [2.24, 2.45) is 0 Å². The minimum absolute atomic E-state index is 0.0919. The predicted octanol–water partition coefficient (Wildman–Crippen LogP) is 2.19. The van der Waals surface area contributed by atoms with Crippen LogP contribution in [0.15, 0.2) is 24.4 Å². The Labute approximate surface area is 119 Å². The van der Waals surface area contributed by atoms with E-state index in [0.29, 0.717) is 18.8 Å². The fraction of sp³-hybridized carbons (Fsp3) is 0.467. The Morgan fingerprint density at radius 1 is 1.45 bits per heavy atom. The Morgan fingerprint density at radius 2 is 2.25 bits per heavy atom. The molecule has 2 aromatic heterocycles. The van der Waals surface area contributed by atoms with Crippen molar-refractivity contribution in [3.8, 4) is 0 Å². The van der Waals surface area contributed by atoms with E-state index in [1.54, 1.807) is 0 Å². The molecule has 0 radical (unpaired) electrons. The van der Waals surface area contributed by atoms with Gasteiger partial charge in [-0.1, -0.05) is 6.07 Å². The van der Waals surface area contributed by atoms with Crippen LogP contribution in [0.2, 0.25) is 0 Å². The number of aromatic nitrogens is 2. The van der Waals surface area contributed by atoms with Gasteiger partial charge >= 0.3 is 0 Å². The minimum Gasteiger partial charge on any atom is -0.379 e. The highest BCUT2D eigenvalue weighted by Crippen LogP contribution is 2.11. The van der Waals surface area contributed by atoms with Crippen LogP contribution in [0.4, 0.5) is 0 Å². The van der Waals surface area contributed by atoms with Crippen LogP contribution in [0.1, 0.15) is 36.5 Å². The number of hydrogen-bond acceptors (Lipinski definition) is 3. The number of nitrogens with one attached hydrogen (secondary N) is 1. The summed E-state index contributed by atoms with van der Waals surface area (Å²) in [6.45, 7) is 7.11. The van der Waals surface area contributed by atoms with Gasteiger partial charge in [-0.3, -0.25) is 9.20 Å². The van der Waals surface area contributed by atoms with Crippen molar-refractivity contribution < 1.29 is 9.53 Å². The molecule has 2 rings (SSSR count). The van der Waals surface area contributed by atoms with Gasteiger partial charge in [0.15, 0.2) is 0 Å². The molecule has 0 bridgehead atoms. The van der Waals surface area contributed by atoms with Crippen molar-refractivity contribution in [2.75, 3.05) is 13.2 Å². The summed E-state index contributed by atoms with van der Waals surface area (Å²) in [5.74, 6) is -0.0919. The maximum atomic E-state index is 12.2. The van der Waals surface area contributed by atoms with Crippen LogP contribution >= 0.6 is 0 Å². The molecule has 0 spiro atoms. The lowest BCUT2D eigenvalue weighted by molar-refractivity contribution is 0.0756. The van der Waals surface area contributed by atoms with Crippen molar-refractivity contribution in [1.82, 2.24) is 14.7 Å². The first-order valence-electron chi connectivity index (χ1n) is 6.93. The highest BCUT2D eigenvalue weighted by Gasteiger charge is 2.15. The van der Waals surface area contributed by atoms with E-state index in [1.807, 2.05) is 49.6 Å². The van der Waals surface area contributed by atoms with E-state index in [4.69, 9.17) is 4.74 Å². The summed E-state index contributed by atoms with van der Waals surface area (Å²) in [4.78, 5) is 16.6. The maximum absolute atomic E-state index is 12.2. The second kappa shape index (κ2) is 6.52. The summed E-state index contributed by atoms with van der Waals surface area (Å²) in [7, 11) is 0. The van der Waals surface area contributed by atoms with Gasteiger partial charge in [0.2, 0.25) is 0 Å². The number of pyridine rings is 1. The number of amides is 1. The van der Waals surface area contributed by atoms with Crippen LogP contribution in [0, 0.1) is 6.92 Å². The van der Waals surface area contributed by atoms with E-state index < -0.39 is 0 Å². The van der Waals surface area contributed by atoms with E-state index in [9.17, 15) is 4.79 Å². The van der Waals surface area contributed by atoms with Crippen molar-refractivity contribution in [2.45, 2.75) is 33.3 Å². The average molecular weight is 275 g/mol. The third-order valence-corrected chi connectivity index (χ3v) is 2.98. The number of carbonyl (C=O) groups excluding carboxylic acids is 1. The van der Waals surface area contributed by atoms with Crippen LogP contribution in [0.3, 0.4) is 0 Å². The molecule has 0 aliphatic heterocycles. The quantitative estimate of drug-likeness (QED) is 0.822. The summed E-state index contributed by atoms with van der Waals surface area (Å²) in [6, 6.07) is 5.69. The third-order valence-electron chi connectivity index (χ3n) is 2.98. The molecule has 2 aromatic rings. The normalized spacial score (nSPS) is 11.2. The summed E-state index contributed by atoms with van der Waals surface area (Å²) in [5.41, 5.74) is 2.13. The van der Waals surface area contributed by atoms with Crippen molar-refractivity contribution in [3.05, 3.63) is 35.8 Å². The van der Waals surface area contributed by atoms with Gasteiger partial charge in [-0.15, -0.1) is 0 Å². The van der Waals surface area contributed by atoms with Gasteiger partial charge < -0.3 is 10.1 Å². The van der Waals surface area contributed by atoms with Crippen LogP contribution in [-0.4, -0.2) is 34.5 Å². The van der Waals surface area contributed by atoms with Gasteiger partial charge in [0.1, 0.15) is 11.3 Å². The molecule has 5 nitrogen and oxygen atoms in total. The zero-order valence-electron chi connectivity index (χ0n) is 12.2. The largest absolute Gasteiger partial charge is 0.379 e. The molecule has 1 amide bonds. The zero-order chi connectivity index (χ0) is 14.5. The van der Waals surface area contributed by atoms with Gasteiger partial charge in [-0.2, -0.15) is 0 Å². The number of fused-ring (bicyclic) bond motifs is 1. The van der Waals surface area contributed by atoms with E-state index in [-0.39, 0.29) is 12.0 Å². The Kier molecular flexibility index (Phi) is 4.74.